The van der Waals surface area contributed by atoms with Gasteiger partial charge in [0, 0.05) is 19.1 Å². The summed E-state index contributed by atoms with van der Waals surface area (Å²) < 4.78 is 0. The van der Waals surface area contributed by atoms with Crippen LogP contribution in [-0.4, -0.2) is 30.6 Å². The van der Waals surface area contributed by atoms with Gasteiger partial charge in [0.05, 0.1) is 0 Å². The molecule has 1 saturated heterocycles. The molecule has 18 heavy (non-hydrogen) atoms. The summed E-state index contributed by atoms with van der Waals surface area (Å²) in [6.45, 7) is 9.09. The van der Waals surface area contributed by atoms with Gasteiger partial charge in [-0.1, -0.05) is 36.8 Å². The van der Waals surface area contributed by atoms with Gasteiger partial charge in [0.2, 0.25) is 0 Å². The van der Waals surface area contributed by atoms with E-state index in [4.69, 9.17) is 0 Å². The van der Waals surface area contributed by atoms with Gasteiger partial charge in [-0.05, 0) is 44.8 Å². The van der Waals surface area contributed by atoms with Gasteiger partial charge in [-0.3, -0.25) is 4.90 Å². The Morgan fingerprint density at radius 3 is 2.78 bits per heavy atom. The summed E-state index contributed by atoms with van der Waals surface area (Å²) in [5.74, 6) is 0. The molecule has 100 valence electrons. The lowest BCUT2D eigenvalue weighted by Gasteiger charge is -2.33. The molecule has 0 amide bonds. The Balaban J connectivity index is 1.83. The molecule has 1 unspecified atom stereocenters. The third-order valence-electron chi connectivity index (χ3n) is 3.72. The van der Waals surface area contributed by atoms with Crippen molar-refractivity contribution in [2.24, 2.45) is 0 Å². The van der Waals surface area contributed by atoms with E-state index in [2.05, 4.69) is 48.3 Å². The highest BCUT2D eigenvalue weighted by Crippen LogP contribution is 2.14. The lowest BCUT2D eigenvalue weighted by molar-refractivity contribution is 0.183. The van der Waals surface area contributed by atoms with Crippen molar-refractivity contribution in [3.05, 3.63) is 35.4 Å². The first-order chi connectivity index (χ1) is 8.78. The lowest BCUT2D eigenvalue weighted by Crippen LogP contribution is -2.45. The quantitative estimate of drug-likeness (QED) is 0.859. The number of piperidine rings is 1. The topological polar surface area (TPSA) is 15.3 Å². The Morgan fingerprint density at radius 2 is 2.06 bits per heavy atom. The Bertz CT molecular complexity index is 345. The zero-order valence-corrected chi connectivity index (χ0v) is 11.8. The summed E-state index contributed by atoms with van der Waals surface area (Å²) >= 11 is 0. The zero-order chi connectivity index (χ0) is 12.8. The van der Waals surface area contributed by atoms with Crippen LogP contribution in [-0.2, 0) is 6.54 Å². The standard InChI is InChI=1S/C16H26N2/c1-3-10-17-16-5-4-11-18(13-16)12-15-8-6-14(2)7-9-15/h6-9,16-17H,3-5,10-13H2,1-2H3. The Labute approximate surface area is 111 Å². The number of rotatable bonds is 5. The van der Waals surface area contributed by atoms with Crippen LogP contribution in [0.1, 0.15) is 37.3 Å². The zero-order valence-electron chi connectivity index (χ0n) is 11.8. The Morgan fingerprint density at radius 1 is 1.28 bits per heavy atom. The van der Waals surface area contributed by atoms with E-state index in [9.17, 15) is 0 Å². The molecular formula is C16H26N2. The largest absolute Gasteiger partial charge is 0.313 e. The van der Waals surface area contributed by atoms with Crippen molar-refractivity contribution in [1.82, 2.24) is 10.2 Å². The average Bonchev–Trinajstić information content (AvgIpc) is 2.40. The third-order valence-corrected chi connectivity index (χ3v) is 3.72. The van der Waals surface area contributed by atoms with E-state index in [1.54, 1.807) is 0 Å². The highest BCUT2D eigenvalue weighted by Gasteiger charge is 2.18. The van der Waals surface area contributed by atoms with Crippen molar-refractivity contribution in [3.8, 4) is 0 Å². The van der Waals surface area contributed by atoms with Crippen LogP contribution in [0.5, 0.6) is 0 Å². The number of aryl methyl sites for hydroxylation is 1. The fourth-order valence-corrected chi connectivity index (χ4v) is 2.67. The van der Waals surface area contributed by atoms with Crippen molar-refractivity contribution >= 4 is 0 Å². The van der Waals surface area contributed by atoms with Gasteiger partial charge in [-0.25, -0.2) is 0 Å². The molecule has 2 heteroatoms. The van der Waals surface area contributed by atoms with E-state index in [0.29, 0.717) is 6.04 Å². The van der Waals surface area contributed by atoms with E-state index >= 15 is 0 Å². The van der Waals surface area contributed by atoms with Crippen LogP contribution in [0.4, 0.5) is 0 Å². The molecule has 1 atom stereocenters. The maximum atomic E-state index is 3.65. The fraction of sp³-hybridized carbons (Fsp3) is 0.625. The molecule has 0 saturated carbocycles. The summed E-state index contributed by atoms with van der Waals surface area (Å²) in [6, 6.07) is 9.65. The molecule has 2 nitrogen and oxygen atoms in total. The number of nitrogens with zero attached hydrogens (tertiary/aromatic N) is 1. The minimum Gasteiger partial charge on any atom is -0.313 e. The van der Waals surface area contributed by atoms with Gasteiger partial charge in [-0.2, -0.15) is 0 Å². The maximum Gasteiger partial charge on any atom is 0.0234 e. The summed E-state index contributed by atoms with van der Waals surface area (Å²) in [5.41, 5.74) is 2.79. The van der Waals surface area contributed by atoms with Crippen LogP contribution < -0.4 is 5.32 Å². The average molecular weight is 246 g/mol. The first-order valence-electron chi connectivity index (χ1n) is 7.29. The van der Waals surface area contributed by atoms with Gasteiger partial charge < -0.3 is 5.32 Å². The number of nitrogens with one attached hydrogen (secondary N) is 1. The van der Waals surface area contributed by atoms with Crippen LogP contribution >= 0.6 is 0 Å². The van der Waals surface area contributed by atoms with E-state index in [1.807, 2.05) is 0 Å². The molecule has 1 N–H and O–H groups in total. The molecular weight excluding hydrogens is 220 g/mol. The van der Waals surface area contributed by atoms with Crippen molar-refractivity contribution < 1.29 is 0 Å². The van der Waals surface area contributed by atoms with Crippen molar-refractivity contribution in [2.75, 3.05) is 19.6 Å². The molecule has 0 aliphatic carbocycles. The molecule has 0 bridgehead atoms. The monoisotopic (exact) mass is 246 g/mol. The van der Waals surface area contributed by atoms with E-state index in [1.165, 1.54) is 43.5 Å². The normalized spacial score (nSPS) is 21.1. The molecule has 1 heterocycles. The van der Waals surface area contributed by atoms with Crippen LogP contribution in [0.2, 0.25) is 0 Å². The Hall–Kier alpha value is -0.860. The highest BCUT2D eigenvalue weighted by molar-refractivity contribution is 5.21. The minimum atomic E-state index is 0.698. The van der Waals surface area contributed by atoms with Gasteiger partial charge in [0.1, 0.15) is 0 Å². The molecule has 0 aromatic heterocycles. The summed E-state index contributed by atoms with van der Waals surface area (Å²) in [7, 11) is 0. The fourth-order valence-electron chi connectivity index (χ4n) is 2.67. The first kappa shape index (κ1) is 13.6. The van der Waals surface area contributed by atoms with E-state index in [-0.39, 0.29) is 0 Å². The van der Waals surface area contributed by atoms with Crippen molar-refractivity contribution in [2.45, 2.75) is 45.7 Å². The minimum absolute atomic E-state index is 0.698. The van der Waals surface area contributed by atoms with Gasteiger partial charge in [0.25, 0.3) is 0 Å². The molecule has 0 radical (unpaired) electrons. The molecule has 0 spiro atoms. The van der Waals surface area contributed by atoms with E-state index in [0.717, 1.165) is 13.1 Å². The summed E-state index contributed by atoms with van der Waals surface area (Å²) in [5, 5.41) is 3.65. The lowest BCUT2D eigenvalue weighted by atomic mass is 10.0. The Kier molecular flexibility index (Phi) is 5.21. The van der Waals surface area contributed by atoms with Gasteiger partial charge in [0.15, 0.2) is 0 Å². The smallest absolute Gasteiger partial charge is 0.0234 e. The molecule has 1 fully saturated rings. The predicted octanol–water partition coefficient (Wildman–Crippen LogP) is 2.96. The molecule has 2 rings (SSSR count). The molecule has 1 aromatic rings. The number of hydrogen-bond donors (Lipinski definition) is 1. The van der Waals surface area contributed by atoms with Crippen molar-refractivity contribution in [3.63, 3.8) is 0 Å². The van der Waals surface area contributed by atoms with Gasteiger partial charge >= 0.3 is 0 Å². The molecule has 1 aromatic carbocycles. The van der Waals surface area contributed by atoms with Crippen LogP contribution in [0.15, 0.2) is 24.3 Å². The van der Waals surface area contributed by atoms with Crippen LogP contribution in [0.25, 0.3) is 0 Å². The predicted molar refractivity (Wildman–Crippen MR) is 77.8 cm³/mol. The van der Waals surface area contributed by atoms with Gasteiger partial charge in [-0.15, -0.1) is 0 Å². The number of hydrogen-bond acceptors (Lipinski definition) is 2. The highest BCUT2D eigenvalue weighted by atomic mass is 15.2. The first-order valence-corrected chi connectivity index (χ1v) is 7.29. The summed E-state index contributed by atoms with van der Waals surface area (Å²) in [6.07, 6.45) is 3.89. The number of likely N-dealkylation sites (tertiary alicyclic amines) is 1. The van der Waals surface area contributed by atoms with Crippen LogP contribution in [0, 0.1) is 6.92 Å². The molecule has 1 aliphatic rings. The second kappa shape index (κ2) is 6.91. The van der Waals surface area contributed by atoms with Crippen LogP contribution in [0.3, 0.4) is 0 Å². The SMILES string of the molecule is CCCNC1CCCN(Cc2ccc(C)cc2)C1. The van der Waals surface area contributed by atoms with E-state index < -0.39 is 0 Å². The third kappa shape index (κ3) is 4.11. The molecule has 1 aliphatic heterocycles. The maximum absolute atomic E-state index is 3.65. The van der Waals surface area contributed by atoms with Crippen molar-refractivity contribution in [1.29, 1.82) is 0 Å². The second-order valence-corrected chi connectivity index (χ2v) is 5.51. The second-order valence-electron chi connectivity index (χ2n) is 5.51. The summed E-state index contributed by atoms with van der Waals surface area (Å²) in [4.78, 5) is 2.58. The number of benzene rings is 1.